The van der Waals surface area contributed by atoms with E-state index in [4.69, 9.17) is 0 Å². The van der Waals surface area contributed by atoms with Crippen molar-refractivity contribution in [3.05, 3.63) is 0 Å². The van der Waals surface area contributed by atoms with Gasteiger partial charge in [-0.1, -0.05) is 19.3 Å². The van der Waals surface area contributed by atoms with Crippen LogP contribution < -0.4 is 0 Å². The van der Waals surface area contributed by atoms with E-state index < -0.39 is 6.17 Å². The van der Waals surface area contributed by atoms with Crippen LogP contribution >= 0.6 is 11.8 Å². The van der Waals surface area contributed by atoms with Gasteiger partial charge in [0.25, 0.3) is 0 Å². The highest BCUT2D eigenvalue weighted by Gasteiger charge is 2.29. The Hall–Kier alpha value is 0.280. The number of hydrogen-bond donors (Lipinski definition) is 0. The number of thioether (sulfide) groups is 1. The topological polar surface area (TPSA) is 0 Å². The van der Waals surface area contributed by atoms with E-state index in [-0.39, 0.29) is 0 Å². The van der Waals surface area contributed by atoms with Crippen molar-refractivity contribution < 1.29 is 4.39 Å². The first-order valence-electron chi connectivity index (χ1n) is 5.62. The average molecular weight is 202 g/mol. The molecule has 2 aliphatic rings. The van der Waals surface area contributed by atoms with Gasteiger partial charge in [-0.05, 0) is 37.4 Å². The van der Waals surface area contributed by atoms with Crippen LogP contribution in [0.4, 0.5) is 4.39 Å². The van der Waals surface area contributed by atoms with E-state index in [1.54, 1.807) is 0 Å². The van der Waals surface area contributed by atoms with Crippen molar-refractivity contribution in [2.45, 2.75) is 56.4 Å². The van der Waals surface area contributed by atoms with Gasteiger partial charge in [-0.2, -0.15) is 11.8 Å². The largest absolute Gasteiger partial charge is 0.247 e. The predicted octanol–water partition coefficient (Wildman–Crippen LogP) is 3.80. The lowest BCUT2D eigenvalue weighted by atomic mass is 9.85. The second-order valence-corrected chi connectivity index (χ2v) is 5.78. The van der Waals surface area contributed by atoms with Crippen LogP contribution in [0.3, 0.4) is 0 Å². The van der Waals surface area contributed by atoms with Gasteiger partial charge in [0.05, 0.1) is 0 Å². The molecule has 0 aromatic carbocycles. The van der Waals surface area contributed by atoms with Crippen LogP contribution in [0.5, 0.6) is 0 Å². The van der Waals surface area contributed by atoms with Crippen LogP contribution in [0.25, 0.3) is 0 Å². The molecule has 2 atom stereocenters. The van der Waals surface area contributed by atoms with Gasteiger partial charge in [-0.3, -0.25) is 0 Å². The fourth-order valence-corrected chi connectivity index (χ4v) is 4.20. The molecular weight excluding hydrogens is 183 g/mol. The Bertz CT molecular complexity index is 154. The van der Waals surface area contributed by atoms with Crippen LogP contribution in [0.1, 0.15) is 44.9 Å². The van der Waals surface area contributed by atoms with Crippen molar-refractivity contribution in [3.63, 3.8) is 0 Å². The molecule has 0 spiro atoms. The van der Waals surface area contributed by atoms with Gasteiger partial charge >= 0.3 is 0 Å². The molecule has 1 heterocycles. The van der Waals surface area contributed by atoms with E-state index in [0.717, 1.165) is 24.5 Å². The summed E-state index contributed by atoms with van der Waals surface area (Å²) in [5.41, 5.74) is 0. The zero-order valence-corrected chi connectivity index (χ0v) is 8.99. The van der Waals surface area contributed by atoms with Gasteiger partial charge in [-0.25, -0.2) is 4.39 Å². The van der Waals surface area contributed by atoms with E-state index >= 15 is 0 Å². The van der Waals surface area contributed by atoms with E-state index in [0.29, 0.717) is 5.25 Å². The molecule has 0 radical (unpaired) electrons. The molecule has 13 heavy (non-hydrogen) atoms. The fraction of sp³-hybridized carbons (Fsp3) is 1.00. The zero-order chi connectivity index (χ0) is 9.10. The van der Waals surface area contributed by atoms with E-state index in [2.05, 4.69) is 0 Å². The first kappa shape index (κ1) is 9.82. The lowest BCUT2D eigenvalue weighted by Crippen LogP contribution is -2.27. The quantitative estimate of drug-likeness (QED) is 0.623. The van der Waals surface area contributed by atoms with Crippen molar-refractivity contribution in [2.24, 2.45) is 5.92 Å². The highest BCUT2D eigenvalue weighted by Crippen LogP contribution is 2.38. The third-order valence-electron chi connectivity index (χ3n) is 3.43. The van der Waals surface area contributed by atoms with Crippen LogP contribution in [0, 0.1) is 5.92 Å². The van der Waals surface area contributed by atoms with E-state index in [9.17, 15) is 4.39 Å². The predicted molar refractivity (Wildman–Crippen MR) is 57.0 cm³/mol. The molecule has 1 saturated carbocycles. The Morgan fingerprint density at radius 3 is 2.46 bits per heavy atom. The summed E-state index contributed by atoms with van der Waals surface area (Å²) in [4.78, 5) is 0. The molecule has 76 valence electrons. The number of hydrogen-bond acceptors (Lipinski definition) is 1. The third-order valence-corrected chi connectivity index (χ3v) is 4.90. The second kappa shape index (κ2) is 4.68. The molecule has 0 aromatic heterocycles. The molecule has 0 bridgehead atoms. The molecule has 0 aromatic rings. The van der Waals surface area contributed by atoms with Crippen LogP contribution in [0.15, 0.2) is 0 Å². The van der Waals surface area contributed by atoms with E-state index in [1.807, 2.05) is 11.8 Å². The Kier molecular flexibility index (Phi) is 3.53. The van der Waals surface area contributed by atoms with Crippen LogP contribution in [-0.2, 0) is 0 Å². The second-order valence-electron chi connectivity index (χ2n) is 4.43. The van der Waals surface area contributed by atoms with Crippen molar-refractivity contribution in [3.8, 4) is 0 Å². The molecule has 2 fully saturated rings. The van der Waals surface area contributed by atoms with Gasteiger partial charge in [0.1, 0.15) is 6.17 Å². The molecule has 0 unspecified atom stereocenters. The molecule has 0 nitrogen and oxygen atoms in total. The number of halogens is 1. The van der Waals surface area contributed by atoms with E-state index in [1.165, 1.54) is 32.1 Å². The standard InChI is InChI=1S/C11H19FS/c12-10-6-7-13-11(8-10)9-4-2-1-3-5-9/h9-11H,1-8H2/t10-,11+/m1/s1. The molecule has 1 saturated heterocycles. The Morgan fingerprint density at radius 1 is 1.00 bits per heavy atom. The summed E-state index contributed by atoms with van der Waals surface area (Å²) in [7, 11) is 0. The maximum atomic E-state index is 13.2. The van der Waals surface area contributed by atoms with Crippen molar-refractivity contribution in [1.29, 1.82) is 0 Å². The normalized spacial score (nSPS) is 37.6. The smallest absolute Gasteiger partial charge is 0.102 e. The minimum atomic E-state index is -0.492. The summed E-state index contributed by atoms with van der Waals surface area (Å²) in [6.07, 6.45) is 8.07. The van der Waals surface area contributed by atoms with Gasteiger partial charge in [0, 0.05) is 5.25 Å². The van der Waals surface area contributed by atoms with Crippen molar-refractivity contribution >= 4 is 11.8 Å². The minimum Gasteiger partial charge on any atom is -0.247 e. The lowest BCUT2D eigenvalue weighted by Gasteiger charge is -2.33. The van der Waals surface area contributed by atoms with Gasteiger partial charge in [-0.15, -0.1) is 0 Å². The van der Waals surface area contributed by atoms with Gasteiger partial charge in [0.2, 0.25) is 0 Å². The lowest BCUT2D eigenvalue weighted by molar-refractivity contribution is 0.255. The summed E-state index contributed by atoms with van der Waals surface area (Å²) in [6.45, 7) is 0. The summed E-state index contributed by atoms with van der Waals surface area (Å²) < 4.78 is 13.2. The molecular formula is C11H19FS. The maximum Gasteiger partial charge on any atom is 0.102 e. The SMILES string of the molecule is F[C@@H]1CCS[C@H](C2CCCCC2)C1. The first-order valence-corrected chi connectivity index (χ1v) is 6.67. The zero-order valence-electron chi connectivity index (χ0n) is 8.18. The minimum absolute atomic E-state index is 0.492. The molecule has 0 amide bonds. The monoisotopic (exact) mass is 202 g/mol. The third kappa shape index (κ3) is 2.61. The van der Waals surface area contributed by atoms with Crippen LogP contribution in [0.2, 0.25) is 0 Å². The fourth-order valence-electron chi connectivity index (χ4n) is 2.62. The van der Waals surface area contributed by atoms with Crippen LogP contribution in [-0.4, -0.2) is 17.2 Å². The summed E-state index contributed by atoms with van der Waals surface area (Å²) in [5.74, 6) is 1.90. The average Bonchev–Trinajstić information content (AvgIpc) is 2.19. The number of rotatable bonds is 1. The Labute approximate surface area is 84.7 Å². The maximum absolute atomic E-state index is 13.2. The Morgan fingerprint density at radius 2 is 1.77 bits per heavy atom. The summed E-state index contributed by atoms with van der Waals surface area (Å²) >= 11 is 2.03. The van der Waals surface area contributed by atoms with Gasteiger partial charge < -0.3 is 0 Å². The summed E-state index contributed by atoms with van der Waals surface area (Å²) in [6, 6.07) is 0. The van der Waals surface area contributed by atoms with Crippen molar-refractivity contribution in [2.75, 3.05) is 5.75 Å². The molecule has 1 aliphatic heterocycles. The highest BCUT2D eigenvalue weighted by molar-refractivity contribution is 7.99. The molecule has 2 rings (SSSR count). The molecule has 1 aliphatic carbocycles. The molecule has 0 N–H and O–H groups in total. The summed E-state index contributed by atoms with van der Waals surface area (Å²) in [5, 5.41) is 0.657. The molecule has 2 heteroatoms. The van der Waals surface area contributed by atoms with Crippen molar-refractivity contribution in [1.82, 2.24) is 0 Å². The first-order chi connectivity index (χ1) is 6.36. The number of alkyl halides is 1. The van der Waals surface area contributed by atoms with Gasteiger partial charge in [0.15, 0.2) is 0 Å². The highest BCUT2D eigenvalue weighted by atomic mass is 32.2. The Balaban J connectivity index is 1.83.